The highest BCUT2D eigenvalue weighted by atomic mass is 32.2. The highest BCUT2D eigenvalue weighted by Gasteiger charge is 2.27. The zero-order chi connectivity index (χ0) is 18.5. The number of aryl methyl sites for hydroxylation is 1. The van der Waals surface area contributed by atoms with Crippen molar-refractivity contribution in [3.05, 3.63) is 29.8 Å². The van der Waals surface area contributed by atoms with Crippen molar-refractivity contribution in [3.63, 3.8) is 0 Å². The minimum atomic E-state index is 0.176. The van der Waals surface area contributed by atoms with Crippen LogP contribution in [0.3, 0.4) is 0 Å². The molecule has 0 N–H and O–H groups in total. The van der Waals surface area contributed by atoms with Gasteiger partial charge in [0, 0.05) is 12.1 Å². The topological polar surface area (TPSA) is 63.9 Å². The van der Waals surface area contributed by atoms with Gasteiger partial charge in [0.25, 0.3) is 0 Å². The van der Waals surface area contributed by atoms with Crippen LogP contribution in [0.4, 0.5) is 0 Å². The molecule has 1 amide bonds. The van der Waals surface area contributed by atoms with Gasteiger partial charge in [-0.05, 0) is 56.2 Å². The Morgan fingerprint density at radius 1 is 1.23 bits per heavy atom. The van der Waals surface area contributed by atoms with Gasteiger partial charge >= 0.3 is 0 Å². The molecule has 2 aromatic rings. The standard InChI is InChI=1S/C19H27N5OS/c1-14(2)23(16-7-5-4-6-8-16)18(25)13-26-19-20-21-22-24(19)17-11-9-15(3)10-12-17/h9-12,14,16H,4-8,13H2,1-3H3. The quantitative estimate of drug-likeness (QED) is 0.724. The van der Waals surface area contributed by atoms with E-state index in [1.807, 2.05) is 31.2 Å². The average molecular weight is 374 g/mol. The summed E-state index contributed by atoms with van der Waals surface area (Å²) in [7, 11) is 0. The molecule has 1 aliphatic rings. The fraction of sp³-hybridized carbons (Fsp3) is 0.579. The van der Waals surface area contributed by atoms with Gasteiger partial charge in [-0.3, -0.25) is 4.79 Å². The van der Waals surface area contributed by atoms with Gasteiger partial charge < -0.3 is 4.90 Å². The number of benzene rings is 1. The molecule has 0 atom stereocenters. The molecule has 0 spiro atoms. The lowest BCUT2D eigenvalue weighted by Gasteiger charge is -2.37. The van der Waals surface area contributed by atoms with E-state index in [1.54, 1.807) is 4.68 Å². The van der Waals surface area contributed by atoms with E-state index in [4.69, 9.17) is 0 Å². The molecular formula is C19H27N5OS. The van der Waals surface area contributed by atoms with E-state index in [1.165, 1.54) is 36.6 Å². The number of carbonyl (C=O) groups is 1. The van der Waals surface area contributed by atoms with Crippen LogP contribution in [0, 0.1) is 6.92 Å². The highest BCUT2D eigenvalue weighted by molar-refractivity contribution is 7.99. The third kappa shape index (κ3) is 4.44. The number of rotatable bonds is 6. The van der Waals surface area contributed by atoms with Gasteiger partial charge in [-0.1, -0.05) is 48.7 Å². The molecule has 1 aliphatic carbocycles. The van der Waals surface area contributed by atoms with Crippen LogP contribution in [0.1, 0.15) is 51.5 Å². The summed E-state index contributed by atoms with van der Waals surface area (Å²) in [4.78, 5) is 15.0. The van der Waals surface area contributed by atoms with Crippen molar-refractivity contribution in [1.82, 2.24) is 25.1 Å². The Bertz CT molecular complexity index is 722. The van der Waals surface area contributed by atoms with Crippen LogP contribution in [-0.2, 0) is 4.79 Å². The molecule has 1 heterocycles. The number of tetrazole rings is 1. The Labute approximate surface area is 159 Å². The van der Waals surface area contributed by atoms with E-state index >= 15 is 0 Å². The fourth-order valence-corrected chi connectivity index (χ4v) is 4.35. The van der Waals surface area contributed by atoms with Gasteiger partial charge in [0.05, 0.1) is 11.4 Å². The summed E-state index contributed by atoms with van der Waals surface area (Å²) in [6.07, 6.45) is 5.97. The normalized spacial score (nSPS) is 15.4. The summed E-state index contributed by atoms with van der Waals surface area (Å²) in [6, 6.07) is 8.63. The number of aromatic nitrogens is 4. The van der Waals surface area contributed by atoms with E-state index in [0.29, 0.717) is 17.0 Å². The number of nitrogens with zero attached hydrogens (tertiary/aromatic N) is 5. The van der Waals surface area contributed by atoms with Crippen LogP contribution in [0.25, 0.3) is 5.69 Å². The molecule has 0 aliphatic heterocycles. The van der Waals surface area contributed by atoms with Gasteiger partial charge in [0.2, 0.25) is 11.1 Å². The molecule has 0 unspecified atom stereocenters. The zero-order valence-electron chi connectivity index (χ0n) is 15.8. The first-order valence-corrected chi connectivity index (χ1v) is 10.3. The smallest absolute Gasteiger partial charge is 0.233 e. The highest BCUT2D eigenvalue weighted by Crippen LogP contribution is 2.26. The lowest BCUT2D eigenvalue weighted by atomic mass is 9.93. The summed E-state index contributed by atoms with van der Waals surface area (Å²) in [5.74, 6) is 0.538. The third-order valence-corrected chi connectivity index (χ3v) is 5.76. The fourth-order valence-electron chi connectivity index (χ4n) is 3.59. The molecule has 1 aromatic heterocycles. The summed E-state index contributed by atoms with van der Waals surface area (Å²) in [5, 5.41) is 12.6. The Balaban J connectivity index is 1.67. The predicted octanol–water partition coefficient (Wildman–Crippen LogP) is 3.63. The second kappa shape index (κ2) is 8.66. The molecule has 1 aromatic carbocycles. The first-order chi connectivity index (χ1) is 12.6. The van der Waals surface area contributed by atoms with Crippen molar-refractivity contribution in [1.29, 1.82) is 0 Å². The maximum atomic E-state index is 12.9. The van der Waals surface area contributed by atoms with Crippen molar-refractivity contribution >= 4 is 17.7 Å². The molecule has 1 saturated carbocycles. The minimum absolute atomic E-state index is 0.176. The van der Waals surface area contributed by atoms with Crippen LogP contribution in [-0.4, -0.2) is 48.9 Å². The molecular weight excluding hydrogens is 346 g/mol. The average Bonchev–Trinajstić information content (AvgIpc) is 3.10. The number of carbonyl (C=O) groups excluding carboxylic acids is 1. The van der Waals surface area contributed by atoms with Gasteiger partial charge in [0.15, 0.2) is 0 Å². The van der Waals surface area contributed by atoms with Crippen LogP contribution in [0.15, 0.2) is 29.4 Å². The largest absolute Gasteiger partial charge is 0.337 e. The van der Waals surface area contributed by atoms with Crippen LogP contribution in [0.2, 0.25) is 0 Å². The Morgan fingerprint density at radius 3 is 2.58 bits per heavy atom. The summed E-state index contributed by atoms with van der Waals surface area (Å²) < 4.78 is 1.69. The van der Waals surface area contributed by atoms with Crippen molar-refractivity contribution in [2.24, 2.45) is 0 Å². The van der Waals surface area contributed by atoms with E-state index in [9.17, 15) is 4.79 Å². The number of amides is 1. The predicted molar refractivity (Wildman–Crippen MR) is 103 cm³/mol. The van der Waals surface area contributed by atoms with Gasteiger partial charge in [-0.2, -0.15) is 4.68 Å². The molecule has 26 heavy (non-hydrogen) atoms. The lowest BCUT2D eigenvalue weighted by Crippen LogP contribution is -2.46. The second-order valence-corrected chi connectivity index (χ2v) is 8.13. The molecule has 3 rings (SSSR count). The summed E-state index contributed by atoms with van der Waals surface area (Å²) in [5.41, 5.74) is 2.09. The van der Waals surface area contributed by atoms with Gasteiger partial charge in [-0.25, -0.2) is 0 Å². The van der Waals surface area contributed by atoms with E-state index in [2.05, 4.69) is 34.3 Å². The maximum Gasteiger partial charge on any atom is 0.233 e. The number of thioether (sulfide) groups is 1. The monoisotopic (exact) mass is 373 g/mol. The van der Waals surface area contributed by atoms with Crippen molar-refractivity contribution in [2.45, 2.75) is 70.1 Å². The molecule has 1 fully saturated rings. The summed E-state index contributed by atoms with van der Waals surface area (Å²) in [6.45, 7) is 6.25. The third-order valence-electron chi connectivity index (χ3n) is 4.86. The first-order valence-electron chi connectivity index (χ1n) is 9.35. The van der Waals surface area contributed by atoms with Crippen LogP contribution < -0.4 is 0 Å². The molecule has 7 heteroatoms. The number of hydrogen-bond donors (Lipinski definition) is 0. The molecule has 0 saturated heterocycles. The van der Waals surface area contributed by atoms with Crippen molar-refractivity contribution in [2.75, 3.05) is 5.75 Å². The van der Waals surface area contributed by atoms with E-state index < -0.39 is 0 Å². The van der Waals surface area contributed by atoms with Crippen LogP contribution >= 0.6 is 11.8 Å². The second-order valence-electron chi connectivity index (χ2n) is 7.18. The molecule has 140 valence electrons. The van der Waals surface area contributed by atoms with E-state index in [-0.39, 0.29) is 11.9 Å². The zero-order valence-corrected chi connectivity index (χ0v) is 16.6. The number of hydrogen-bond acceptors (Lipinski definition) is 5. The Hall–Kier alpha value is -1.89. The molecule has 0 bridgehead atoms. The molecule has 6 nitrogen and oxygen atoms in total. The van der Waals surface area contributed by atoms with E-state index in [0.717, 1.165) is 18.5 Å². The minimum Gasteiger partial charge on any atom is -0.337 e. The van der Waals surface area contributed by atoms with Crippen LogP contribution in [0.5, 0.6) is 0 Å². The van der Waals surface area contributed by atoms with Crippen molar-refractivity contribution < 1.29 is 4.79 Å². The maximum absolute atomic E-state index is 12.9. The van der Waals surface area contributed by atoms with Gasteiger partial charge in [-0.15, -0.1) is 5.10 Å². The Kier molecular flexibility index (Phi) is 6.29. The summed E-state index contributed by atoms with van der Waals surface area (Å²) >= 11 is 1.41. The lowest BCUT2D eigenvalue weighted by molar-refractivity contribution is -0.133. The SMILES string of the molecule is Cc1ccc(-n2nnnc2SCC(=O)N(C(C)C)C2CCCCC2)cc1. The Morgan fingerprint density at radius 2 is 1.92 bits per heavy atom. The molecule has 0 radical (unpaired) electrons. The van der Waals surface area contributed by atoms with Gasteiger partial charge in [0.1, 0.15) is 0 Å². The first kappa shape index (κ1) is 18.9. The van der Waals surface area contributed by atoms with Crippen molar-refractivity contribution in [3.8, 4) is 5.69 Å².